The summed E-state index contributed by atoms with van der Waals surface area (Å²) in [5, 5.41) is 0. The third-order valence-electron chi connectivity index (χ3n) is 6.99. The second-order valence-corrected chi connectivity index (χ2v) is 9.92. The number of halogens is 1. The van der Waals surface area contributed by atoms with E-state index >= 15 is 0 Å². The molecule has 1 heterocycles. The Kier molecular flexibility index (Phi) is 17.6. The Balaban J connectivity index is 0.00000722. The van der Waals surface area contributed by atoms with E-state index < -0.39 is 5.97 Å². The molecule has 1 saturated heterocycles. The Morgan fingerprint density at radius 2 is 1.55 bits per heavy atom. The second-order valence-electron chi connectivity index (χ2n) is 9.92. The number of ether oxygens (including phenoxy) is 5. The lowest BCUT2D eigenvalue weighted by Crippen LogP contribution is -3.13. The van der Waals surface area contributed by atoms with Gasteiger partial charge >= 0.3 is 11.9 Å². The van der Waals surface area contributed by atoms with Gasteiger partial charge in [-0.05, 0) is 31.4 Å². The molecular weight excluding hydrogens is 510 g/mol. The van der Waals surface area contributed by atoms with Gasteiger partial charge in [0.1, 0.15) is 0 Å². The van der Waals surface area contributed by atoms with Crippen LogP contribution in [0.4, 0.5) is 0 Å². The predicted octanol–water partition coefficient (Wildman–Crippen LogP) is 1.24. The average molecular weight is 558 g/mol. The van der Waals surface area contributed by atoms with Gasteiger partial charge in [-0.25, -0.2) is 4.79 Å². The summed E-state index contributed by atoms with van der Waals surface area (Å²) in [6.07, 6.45) is 11.9. The maximum absolute atomic E-state index is 12.6. The van der Waals surface area contributed by atoms with Crippen LogP contribution in [0.1, 0.15) is 87.9 Å². The Morgan fingerprint density at radius 1 is 0.895 bits per heavy atom. The summed E-state index contributed by atoms with van der Waals surface area (Å²) >= 11 is 0. The number of piperidine rings is 1. The summed E-state index contributed by atoms with van der Waals surface area (Å²) in [6, 6.07) is 3.19. The molecule has 1 aromatic rings. The minimum Gasteiger partial charge on any atom is -1.00 e. The quantitative estimate of drug-likeness (QED) is 0.215. The number of hydrogen-bond donors (Lipinski definition) is 1. The first kappa shape index (κ1) is 33.8. The molecule has 1 fully saturated rings. The normalized spacial score (nSPS) is 16.7. The molecule has 0 aromatic heterocycles. The largest absolute Gasteiger partial charge is 1.00 e. The van der Waals surface area contributed by atoms with Crippen molar-refractivity contribution in [3.8, 4) is 17.2 Å². The van der Waals surface area contributed by atoms with Crippen LogP contribution in [0.25, 0.3) is 0 Å². The van der Waals surface area contributed by atoms with Crippen molar-refractivity contribution in [1.82, 2.24) is 0 Å². The lowest BCUT2D eigenvalue weighted by molar-refractivity contribution is -0.909. The molecule has 2 atom stereocenters. The molecular formula is C29H48ClNO7. The van der Waals surface area contributed by atoms with Crippen LogP contribution in [0.5, 0.6) is 17.2 Å². The summed E-state index contributed by atoms with van der Waals surface area (Å²) in [6.45, 7) is 6.10. The molecule has 8 nitrogen and oxygen atoms in total. The number of nitrogens with one attached hydrogen (secondary N) is 1. The highest BCUT2D eigenvalue weighted by Crippen LogP contribution is 2.38. The van der Waals surface area contributed by atoms with E-state index in [0.29, 0.717) is 48.4 Å². The number of likely N-dealkylation sites (tertiary alicyclic amines) is 1. The molecule has 2 rings (SSSR count). The first-order chi connectivity index (χ1) is 18.0. The van der Waals surface area contributed by atoms with Gasteiger partial charge in [0, 0.05) is 18.8 Å². The Hall–Kier alpha value is -2.19. The number of rotatable bonds is 18. The maximum atomic E-state index is 12.6. The summed E-state index contributed by atoms with van der Waals surface area (Å²) in [7, 11) is 4.55. The Morgan fingerprint density at radius 3 is 2.18 bits per heavy atom. The molecule has 2 unspecified atom stereocenters. The van der Waals surface area contributed by atoms with Gasteiger partial charge in [-0.3, -0.25) is 4.79 Å². The van der Waals surface area contributed by atoms with Gasteiger partial charge in [-0.2, -0.15) is 0 Å². The number of hydrogen-bond acceptors (Lipinski definition) is 7. The zero-order valence-corrected chi connectivity index (χ0v) is 24.5. The van der Waals surface area contributed by atoms with E-state index in [2.05, 4.69) is 6.92 Å². The Labute approximate surface area is 235 Å². The van der Waals surface area contributed by atoms with Gasteiger partial charge in [0.25, 0.3) is 0 Å². The molecule has 1 aliphatic heterocycles. The number of quaternary nitrogens is 1. The van der Waals surface area contributed by atoms with Crippen LogP contribution in [-0.2, 0) is 14.3 Å². The average Bonchev–Trinajstić information content (AvgIpc) is 2.92. The van der Waals surface area contributed by atoms with Gasteiger partial charge in [0.2, 0.25) is 5.75 Å². The summed E-state index contributed by atoms with van der Waals surface area (Å²) in [5.41, 5.74) is 0.359. The van der Waals surface area contributed by atoms with Crippen LogP contribution in [-0.4, -0.2) is 66.1 Å². The molecule has 1 aromatic carbocycles. The smallest absolute Gasteiger partial charge is 0.338 e. The highest BCUT2D eigenvalue weighted by atomic mass is 35.5. The summed E-state index contributed by atoms with van der Waals surface area (Å²) in [4.78, 5) is 26.1. The zero-order chi connectivity index (χ0) is 26.9. The number of methoxy groups -OCH3 is 3. The van der Waals surface area contributed by atoms with Crippen molar-refractivity contribution in [3.63, 3.8) is 0 Å². The first-order valence-electron chi connectivity index (χ1n) is 14.0. The molecule has 0 saturated carbocycles. The second kappa shape index (κ2) is 19.8. The highest BCUT2D eigenvalue weighted by molar-refractivity contribution is 5.91. The molecule has 9 heteroatoms. The van der Waals surface area contributed by atoms with Crippen molar-refractivity contribution < 1.29 is 50.6 Å². The van der Waals surface area contributed by atoms with E-state index in [9.17, 15) is 9.59 Å². The predicted molar refractivity (Wildman–Crippen MR) is 143 cm³/mol. The SMILES string of the molecule is CCCCCCCCCC(=O)OCC1CCC[NH+](CCCOC(=O)c2cc(OC)c(OC)c(OC)c2)C1.[Cl-]. The van der Waals surface area contributed by atoms with Crippen molar-refractivity contribution in [1.29, 1.82) is 0 Å². The van der Waals surface area contributed by atoms with Crippen molar-refractivity contribution >= 4 is 11.9 Å². The lowest BCUT2D eigenvalue weighted by atomic mass is 9.99. The monoisotopic (exact) mass is 557 g/mol. The van der Waals surface area contributed by atoms with E-state index in [-0.39, 0.29) is 18.4 Å². The van der Waals surface area contributed by atoms with E-state index in [4.69, 9.17) is 23.7 Å². The minimum absolute atomic E-state index is 0. The van der Waals surface area contributed by atoms with E-state index in [1.807, 2.05) is 0 Å². The van der Waals surface area contributed by atoms with E-state index in [1.165, 1.54) is 58.3 Å². The fourth-order valence-corrected chi connectivity index (χ4v) is 4.90. The molecule has 0 aliphatic carbocycles. The topological polar surface area (TPSA) is 84.7 Å². The molecule has 1 N–H and O–H groups in total. The summed E-state index contributed by atoms with van der Waals surface area (Å²) < 4.78 is 27.0. The van der Waals surface area contributed by atoms with Gasteiger partial charge in [0.15, 0.2) is 11.5 Å². The van der Waals surface area contributed by atoms with E-state index in [0.717, 1.165) is 51.7 Å². The van der Waals surface area contributed by atoms with Crippen molar-refractivity contribution in [2.75, 3.05) is 54.2 Å². The summed E-state index contributed by atoms with van der Waals surface area (Å²) in [5.74, 6) is 1.20. The van der Waals surface area contributed by atoms with E-state index in [1.54, 1.807) is 12.1 Å². The third kappa shape index (κ3) is 12.1. The van der Waals surface area contributed by atoms with Crippen LogP contribution in [0, 0.1) is 5.92 Å². The molecule has 218 valence electrons. The van der Waals surface area contributed by atoms with Crippen molar-refractivity contribution in [3.05, 3.63) is 17.7 Å². The first-order valence-corrected chi connectivity index (χ1v) is 14.0. The number of unbranched alkanes of at least 4 members (excludes halogenated alkanes) is 6. The van der Waals surface area contributed by atoms with Gasteiger partial charge < -0.3 is 41.0 Å². The standard InChI is InChI=1S/C29H47NO7.ClH/c1-5-6-7-8-9-10-11-15-27(31)37-22-23-14-12-16-30(21-23)17-13-18-36-29(32)24-19-25(33-2)28(35-4)26(20-24)34-3;/h19-20,23H,5-18,21-22H2,1-4H3;1H. The molecule has 38 heavy (non-hydrogen) atoms. The number of carbonyl (C=O) groups excluding carboxylic acids is 2. The highest BCUT2D eigenvalue weighted by Gasteiger charge is 2.24. The number of esters is 2. The molecule has 0 radical (unpaired) electrons. The van der Waals surface area contributed by atoms with Crippen molar-refractivity contribution in [2.45, 2.75) is 77.6 Å². The maximum Gasteiger partial charge on any atom is 0.338 e. The fraction of sp³-hybridized carbons (Fsp3) is 0.724. The van der Waals surface area contributed by atoms with Crippen LogP contribution in [0.2, 0.25) is 0 Å². The lowest BCUT2D eigenvalue weighted by Gasteiger charge is -2.29. The van der Waals surface area contributed by atoms with Crippen molar-refractivity contribution in [2.24, 2.45) is 5.92 Å². The number of carbonyl (C=O) groups is 2. The fourth-order valence-electron chi connectivity index (χ4n) is 4.90. The van der Waals surface area contributed by atoms with Gasteiger partial charge in [-0.1, -0.05) is 45.4 Å². The van der Waals surface area contributed by atoms with Crippen LogP contribution >= 0.6 is 0 Å². The zero-order valence-electron chi connectivity index (χ0n) is 23.8. The molecule has 0 bridgehead atoms. The van der Waals surface area contributed by atoms with Crippen LogP contribution in [0.3, 0.4) is 0 Å². The van der Waals surface area contributed by atoms with Gasteiger partial charge in [0.05, 0.1) is 59.7 Å². The van der Waals surface area contributed by atoms with Crippen LogP contribution in [0.15, 0.2) is 12.1 Å². The molecule has 0 amide bonds. The van der Waals surface area contributed by atoms with Crippen LogP contribution < -0.4 is 31.5 Å². The Bertz CT molecular complexity index is 795. The molecule has 1 aliphatic rings. The minimum atomic E-state index is -0.418. The molecule has 0 spiro atoms. The number of benzene rings is 1. The third-order valence-corrected chi connectivity index (χ3v) is 6.99. The van der Waals surface area contributed by atoms with Gasteiger partial charge in [-0.15, -0.1) is 0 Å².